The first-order valence-electron chi connectivity index (χ1n) is 7.26. The van der Waals surface area contributed by atoms with Gasteiger partial charge in [0, 0.05) is 18.7 Å². The normalized spacial score (nSPS) is 16.5. The maximum absolute atomic E-state index is 14.0. The fraction of sp³-hybridized carbons (Fsp3) is 0.235. The highest BCUT2D eigenvalue weighted by Gasteiger charge is 2.33. The lowest BCUT2D eigenvalue weighted by Gasteiger charge is -2.27. The van der Waals surface area contributed by atoms with Gasteiger partial charge in [0.2, 0.25) is 5.96 Å². The topological polar surface area (TPSA) is 18.8 Å². The van der Waals surface area contributed by atoms with Gasteiger partial charge < -0.3 is 9.80 Å². The van der Waals surface area contributed by atoms with E-state index in [1.165, 1.54) is 11.8 Å². The Morgan fingerprint density at radius 1 is 1.00 bits per heavy atom. The molecule has 0 spiro atoms. The van der Waals surface area contributed by atoms with E-state index in [0.717, 1.165) is 31.2 Å². The number of anilines is 2. The Hall–Kier alpha value is -2.36. The van der Waals surface area contributed by atoms with Crippen LogP contribution in [0.1, 0.15) is 12.0 Å². The van der Waals surface area contributed by atoms with E-state index in [4.69, 9.17) is 0 Å². The SMILES string of the molecule is Fc1ccccc1CN1C2=NCCCN2c2ccccc21. The van der Waals surface area contributed by atoms with Crippen LogP contribution in [0.5, 0.6) is 0 Å². The van der Waals surface area contributed by atoms with Crippen molar-refractivity contribution < 1.29 is 4.39 Å². The Morgan fingerprint density at radius 2 is 1.76 bits per heavy atom. The van der Waals surface area contributed by atoms with Gasteiger partial charge >= 0.3 is 0 Å². The molecule has 0 aromatic heterocycles. The first-order valence-corrected chi connectivity index (χ1v) is 7.26. The second kappa shape index (κ2) is 4.88. The summed E-state index contributed by atoms with van der Waals surface area (Å²) in [6, 6.07) is 15.2. The van der Waals surface area contributed by atoms with Crippen LogP contribution in [0.4, 0.5) is 15.8 Å². The number of fused-ring (bicyclic) bond motifs is 3. The molecular weight excluding hydrogens is 265 g/mol. The molecule has 0 saturated heterocycles. The van der Waals surface area contributed by atoms with Crippen LogP contribution in [0.3, 0.4) is 0 Å². The summed E-state index contributed by atoms with van der Waals surface area (Å²) in [4.78, 5) is 9.01. The Kier molecular flexibility index (Phi) is 2.88. The monoisotopic (exact) mass is 281 g/mol. The smallest absolute Gasteiger partial charge is 0.206 e. The highest BCUT2D eigenvalue weighted by molar-refractivity contribution is 6.16. The van der Waals surface area contributed by atoms with E-state index in [0.29, 0.717) is 12.1 Å². The van der Waals surface area contributed by atoms with Crippen molar-refractivity contribution in [1.29, 1.82) is 0 Å². The van der Waals surface area contributed by atoms with Crippen LogP contribution in [0, 0.1) is 5.82 Å². The molecule has 2 aliphatic rings. The lowest BCUT2D eigenvalue weighted by molar-refractivity contribution is 0.610. The second-order valence-corrected chi connectivity index (χ2v) is 5.35. The van der Waals surface area contributed by atoms with Crippen molar-refractivity contribution in [3.05, 3.63) is 59.9 Å². The lowest BCUT2D eigenvalue weighted by Crippen LogP contribution is -2.41. The molecule has 2 heterocycles. The fourth-order valence-electron chi connectivity index (χ4n) is 3.03. The maximum atomic E-state index is 14.0. The summed E-state index contributed by atoms with van der Waals surface area (Å²) in [7, 11) is 0. The molecule has 4 rings (SSSR count). The quantitative estimate of drug-likeness (QED) is 0.840. The fourth-order valence-corrected chi connectivity index (χ4v) is 3.03. The van der Waals surface area contributed by atoms with Gasteiger partial charge in [0.15, 0.2) is 0 Å². The van der Waals surface area contributed by atoms with E-state index in [1.807, 2.05) is 24.3 Å². The van der Waals surface area contributed by atoms with Crippen LogP contribution >= 0.6 is 0 Å². The molecule has 2 aromatic carbocycles. The zero-order valence-corrected chi connectivity index (χ0v) is 11.7. The van der Waals surface area contributed by atoms with Crippen LogP contribution in [-0.2, 0) is 6.54 Å². The third-order valence-electron chi connectivity index (χ3n) is 4.03. The minimum absolute atomic E-state index is 0.162. The van der Waals surface area contributed by atoms with Gasteiger partial charge in [-0.05, 0) is 24.6 Å². The molecule has 2 aromatic rings. The van der Waals surface area contributed by atoms with Gasteiger partial charge in [-0.25, -0.2) is 4.39 Å². The van der Waals surface area contributed by atoms with Gasteiger partial charge in [-0.15, -0.1) is 0 Å². The average Bonchev–Trinajstić information content (AvgIpc) is 2.85. The Balaban J connectivity index is 1.77. The summed E-state index contributed by atoms with van der Waals surface area (Å²) in [5, 5.41) is 0. The third kappa shape index (κ3) is 1.98. The van der Waals surface area contributed by atoms with Crippen LogP contribution in [0.15, 0.2) is 53.5 Å². The van der Waals surface area contributed by atoms with Crippen molar-refractivity contribution in [1.82, 2.24) is 0 Å². The highest BCUT2D eigenvalue weighted by atomic mass is 19.1. The molecule has 21 heavy (non-hydrogen) atoms. The number of aliphatic imine (C=N–C) groups is 1. The molecule has 0 radical (unpaired) electrons. The van der Waals surface area contributed by atoms with E-state index in [2.05, 4.69) is 26.9 Å². The zero-order valence-electron chi connectivity index (χ0n) is 11.7. The predicted molar refractivity (Wildman–Crippen MR) is 83.3 cm³/mol. The van der Waals surface area contributed by atoms with Crippen molar-refractivity contribution in [3.63, 3.8) is 0 Å². The number of nitrogens with zero attached hydrogens (tertiary/aromatic N) is 3. The molecule has 0 N–H and O–H groups in total. The zero-order chi connectivity index (χ0) is 14.2. The number of benzene rings is 2. The van der Waals surface area contributed by atoms with Crippen molar-refractivity contribution in [2.45, 2.75) is 13.0 Å². The molecule has 0 fully saturated rings. The molecule has 0 bridgehead atoms. The van der Waals surface area contributed by atoms with Crippen LogP contribution in [0.2, 0.25) is 0 Å². The Morgan fingerprint density at radius 3 is 2.62 bits per heavy atom. The molecule has 0 unspecified atom stereocenters. The average molecular weight is 281 g/mol. The summed E-state index contributed by atoms with van der Waals surface area (Å²) in [6.07, 6.45) is 1.06. The van der Waals surface area contributed by atoms with Gasteiger partial charge in [0.25, 0.3) is 0 Å². The summed E-state index contributed by atoms with van der Waals surface area (Å²) < 4.78 is 14.0. The summed E-state index contributed by atoms with van der Waals surface area (Å²) in [5.41, 5.74) is 2.98. The number of guanidine groups is 1. The molecule has 0 atom stereocenters. The van der Waals surface area contributed by atoms with Crippen molar-refractivity contribution in [3.8, 4) is 0 Å². The van der Waals surface area contributed by atoms with E-state index in [1.54, 1.807) is 6.07 Å². The molecule has 0 saturated carbocycles. The second-order valence-electron chi connectivity index (χ2n) is 5.35. The number of halogens is 1. The van der Waals surface area contributed by atoms with E-state index in [-0.39, 0.29) is 5.82 Å². The van der Waals surface area contributed by atoms with Gasteiger partial charge in [0.05, 0.1) is 17.9 Å². The molecule has 3 nitrogen and oxygen atoms in total. The van der Waals surface area contributed by atoms with Crippen molar-refractivity contribution in [2.24, 2.45) is 4.99 Å². The maximum Gasteiger partial charge on any atom is 0.206 e. The molecule has 0 amide bonds. The molecule has 2 aliphatic heterocycles. The number of para-hydroxylation sites is 2. The highest BCUT2D eigenvalue weighted by Crippen LogP contribution is 2.39. The number of hydrogen-bond acceptors (Lipinski definition) is 3. The van der Waals surface area contributed by atoms with Gasteiger partial charge in [-0.2, -0.15) is 0 Å². The third-order valence-corrected chi connectivity index (χ3v) is 4.03. The first-order chi connectivity index (χ1) is 10.3. The van der Waals surface area contributed by atoms with E-state index < -0.39 is 0 Å². The minimum atomic E-state index is -0.162. The van der Waals surface area contributed by atoms with Crippen LogP contribution < -0.4 is 9.80 Å². The first kappa shape index (κ1) is 12.4. The molecule has 0 aliphatic carbocycles. The summed E-state index contributed by atoms with van der Waals surface area (Å²) >= 11 is 0. The van der Waals surface area contributed by atoms with Gasteiger partial charge in [-0.3, -0.25) is 4.99 Å². The Labute approximate surface area is 123 Å². The number of hydrogen-bond donors (Lipinski definition) is 0. The summed E-state index contributed by atoms with van der Waals surface area (Å²) in [6.45, 7) is 2.33. The van der Waals surface area contributed by atoms with Gasteiger partial charge in [0.1, 0.15) is 5.82 Å². The largest absolute Gasteiger partial charge is 0.310 e. The van der Waals surface area contributed by atoms with Crippen LogP contribution in [-0.4, -0.2) is 19.0 Å². The van der Waals surface area contributed by atoms with E-state index >= 15 is 0 Å². The van der Waals surface area contributed by atoms with E-state index in [9.17, 15) is 4.39 Å². The van der Waals surface area contributed by atoms with Crippen molar-refractivity contribution >= 4 is 17.3 Å². The summed E-state index contributed by atoms with van der Waals surface area (Å²) in [5.74, 6) is 0.788. The molecule has 106 valence electrons. The molecule has 4 heteroatoms. The van der Waals surface area contributed by atoms with Crippen molar-refractivity contribution in [2.75, 3.05) is 22.9 Å². The minimum Gasteiger partial charge on any atom is -0.310 e. The standard InChI is InChI=1S/C17H16FN3/c18-14-7-2-1-6-13(14)12-21-16-9-4-3-8-15(16)20-11-5-10-19-17(20)21/h1-4,6-9H,5,10-12H2. The van der Waals surface area contributed by atoms with Gasteiger partial charge in [-0.1, -0.05) is 30.3 Å². The van der Waals surface area contributed by atoms with Crippen LogP contribution in [0.25, 0.3) is 0 Å². The lowest BCUT2D eigenvalue weighted by atomic mass is 10.2. The molecular formula is C17H16FN3. The predicted octanol–water partition coefficient (Wildman–Crippen LogP) is 3.41. The Bertz CT molecular complexity index is 711. The number of rotatable bonds is 2.